The lowest BCUT2D eigenvalue weighted by atomic mass is 10.1. The zero-order chi connectivity index (χ0) is 17.6. The molecule has 0 saturated heterocycles. The second-order valence-corrected chi connectivity index (χ2v) is 6.62. The van der Waals surface area contributed by atoms with Crippen molar-refractivity contribution in [3.8, 4) is 0 Å². The number of carbonyl (C=O) groups excluding carboxylic acids is 1. The summed E-state index contributed by atoms with van der Waals surface area (Å²) in [5.74, 6) is 0.729. The molecular formula is C17H27N3O3. The van der Waals surface area contributed by atoms with Crippen LogP contribution in [0.25, 0.3) is 0 Å². The van der Waals surface area contributed by atoms with E-state index in [1.807, 2.05) is 13.8 Å². The van der Waals surface area contributed by atoms with Crippen LogP contribution < -0.4 is 10.2 Å². The van der Waals surface area contributed by atoms with Gasteiger partial charge in [0.15, 0.2) is 0 Å². The van der Waals surface area contributed by atoms with Crippen LogP contribution in [0.5, 0.6) is 0 Å². The van der Waals surface area contributed by atoms with Gasteiger partial charge >= 0.3 is 0 Å². The molecule has 0 saturated carbocycles. The highest BCUT2D eigenvalue weighted by Crippen LogP contribution is 2.30. The van der Waals surface area contributed by atoms with Gasteiger partial charge in [0.1, 0.15) is 5.69 Å². The molecule has 6 heteroatoms. The number of nitro benzene ring substituents is 1. The molecule has 0 fully saturated rings. The van der Waals surface area contributed by atoms with Gasteiger partial charge in [0.05, 0.1) is 10.6 Å². The molecule has 0 aromatic heterocycles. The molecule has 0 aliphatic heterocycles. The molecule has 1 aromatic rings. The quantitative estimate of drug-likeness (QED) is 0.578. The standard InChI is InChI=1S/C17H27N3O3/c1-12(2)8-9-18-15-7-6-14(11-16(15)20(22)23)19(5)17(21)10-13(3)4/h6-7,11-13,18H,8-10H2,1-5H3. The summed E-state index contributed by atoms with van der Waals surface area (Å²) in [5.41, 5.74) is 1.02. The minimum atomic E-state index is -0.415. The highest BCUT2D eigenvalue weighted by molar-refractivity contribution is 5.93. The van der Waals surface area contributed by atoms with E-state index in [0.29, 0.717) is 30.3 Å². The molecule has 0 unspecified atom stereocenters. The van der Waals surface area contributed by atoms with E-state index in [1.165, 1.54) is 11.0 Å². The van der Waals surface area contributed by atoms with Crippen LogP contribution in [0.3, 0.4) is 0 Å². The Balaban J connectivity index is 2.94. The zero-order valence-electron chi connectivity index (χ0n) is 14.6. The molecule has 6 nitrogen and oxygen atoms in total. The second-order valence-electron chi connectivity index (χ2n) is 6.62. The lowest BCUT2D eigenvalue weighted by Crippen LogP contribution is -2.27. The van der Waals surface area contributed by atoms with Crippen molar-refractivity contribution in [3.05, 3.63) is 28.3 Å². The summed E-state index contributed by atoms with van der Waals surface area (Å²) in [5, 5.41) is 14.4. The maximum atomic E-state index is 12.1. The Bertz CT molecular complexity index is 556. The maximum absolute atomic E-state index is 12.1. The molecule has 0 aliphatic carbocycles. The van der Waals surface area contributed by atoms with E-state index in [4.69, 9.17) is 0 Å². The van der Waals surface area contributed by atoms with Gasteiger partial charge in [0.25, 0.3) is 5.69 Å². The topological polar surface area (TPSA) is 75.5 Å². The van der Waals surface area contributed by atoms with E-state index in [2.05, 4.69) is 19.2 Å². The fraction of sp³-hybridized carbons (Fsp3) is 0.588. The fourth-order valence-electron chi connectivity index (χ4n) is 2.15. The average molecular weight is 321 g/mol. The molecule has 0 heterocycles. The van der Waals surface area contributed by atoms with Crippen molar-refractivity contribution in [2.75, 3.05) is 23.8 Å². The van der Waals surface area contributed by atoms with Gasteiger partial charge in [-0.1, -0.05) is 27.7 Å². The molecule has 0 aliphatic rings. The van der Waals surface area contributed by atoms with Crippen molar-refractivity contribution in [2.24, 2.45) is 11.8 Å². The van der Waals surface area contributed by atoms with Crippen LogP contribution in [0.4, 0.5) is 17.1 Å². The van der Waals surface area contributed by atoms with Crippen LogP contribution in [0.1, 0.15) is 40.5 Å². The predicted octanol–water partition coefficient (Wildman–Crippen LogP) is 4.06. The maximum Gasteiger partial charge on any atom is 0.294 e. The summed E-state index contributed by atoms with van der Waals surface area (Å²) in [6, 6.07) is 4.87. The van der Waals surface area contributed by atoms with Gasteiger partial charge in [-0.05, 0) is 30.4 Å². The number of hydrogen-bond acceptors (Lipinski definition) is 4. The van der Waals surface area contributed by atoms with Gasteiger partial charge in [-0.15, -0.1) is 0 Å². The zero-order valence-corrected chi connectivity index (χ0v) is 14.6. The Morgan fingerprint density at radius 2 is 1.91 bits per heavy atom. The molecule has 0 radical (unpaired) electrons. The second kappa shape index (κ2) is 8.50. The number of hydrogen-bond donors (Lipinski definition) is 1. The number of amides is 1. The van der Waals surface area contributed by atoms with Crippen molar-refractivity contribution in [1.82, 2.24) is 0 Å². The summed E-state index contributed by atoms with van der Waals surface area (Å²) in [6.45, 7) is 8.83. The molecule has 0 spiro atoms. The minimum absolute atomic E-state index is 0.00421. The summed E-state index contributed by atoms with van der Waals surface area (Å²) in [4.78, 5) is 24.5. The highest BCUT2D eigenvalue weighted by atomic mass is 16.6. The van der Waals surface area contributed by atoms with Crippen molar-refractivity contribution in [2.45, 2.75) is 40.5 Å². The number of anilines is 2. The summed E-state index contributed by atoms with van der Waals surface area (Å²) >= 11 is 0. The van der Waals surface area contributed by atoms with E-state index >= 15 is 0 Å². The summed E-state index contributed by atoms with van der Waals surface area (Å²) in [6.07, 6.45) is 1.35. The highest BCUT2D eigenvalue weighted by Gasteiger charge is 2.19. The average Bonchev–Trinajstić information content (AvgIpc) is 2.45. The fourth-order valence-corrected chi connectivity index (χ4v) is 2.15. The van der Waals surface area contributed by atoms with Crippen molar-refractivity contribution >= 4 is 23.0 Å². The lowest BCUT2D eigenvalue weighted by molar-refractivity contribution is -0.383. The van der Waals surface area contributed by atoms with E-state index in [1.54, 1.807) is 19.2 Å². The third-order valence-corrected chi connectivity index (χ3v) is 3.56. The number of rotatable bonds is 8. The predicted molar refractivity (Wildman–Crippen MR) is 93.9 cm³/mol. The van der Waals surface area contributed by atoms with Gasteiger partial charge < -0.3 is 10.2 Å². The van der Waals surface area contributed by atoms with Crippen LogP contribution >= 0.6 is 0 Å². The van der Waals surface area contributed by atoms with Gasteiger partial charge in [-0.25, -0.2) is 0 Å². The molecular weight excluding hydrogens is 294 g/mol. The number of nitrogens with one attached hydrogen (secondary N) is 1. The van der Waals surface area contributed by atoms with Crippen LogP contribution in [-0.2, 0) is 4.79 Å². The van der Waals surface area contributed by atoms with Crippen molar-refractivity contribution in [3.63, 3.8) is 0 Å². The van der Waals surface area contributed by atoms with Crippen LogP contribution in [0.15, 0.2) is 18.2 Å². The normalized spacial score (nSPS) is 10.9. The van der Waals surface area contributed by atoms with E-state index in [9.17, 15) is 14.9 Å². The van der Waals surface area contributed by atoms with Gasteiger partial charge in [0.2, 0.25) is 5.91 Å². The van der Waals surface area contributed by atoms with Crippen molar-refractivity contribution in [1.29, 1.82) is 0 Å². The first kappa shape index (κ1) is 18.9. The number of benzene rings is 1. The Morgan fingerprint density at radius 3 is 2.43 bits per heavy atom. The first-order valence-electron chi connectivity index (χ1n) is 8.01. The first-order chi connectivity index (χ1) is 10.7. The molecule has 128 valence electrons. The molecule has 1 aromatic carbocycles. The minimum Gasteiger partial charge on any atom is -0.379 e. The smallest absolute Gasteiger partial charge is 0.294 e. The van der Waals surface area contributed by atoms with E-state index in [0.717, 1.165) is 6.42 Å². The third kappa shape index (κ3) is 5.88. The Morgan fingerprint density at radius 1 is 1.26 bits per heavy atom. The molecule has 0 atom stereocenters. The number of nitrogens with zero attached hydrogens (tertiary/aromatic N) is 2. The lowest BCUT2D eigenvalue weighted by Gasteiger charge is -2.19. The van der Waals surface area contributed by atoms with Crippen LogP contribution in [0.2, 0.25) is 0 Å². The summed E-state index contributed by atoms with van der Waals surface area (Å²) < 4.78 is 0. The monoisotopic (exact) mass is 321 g/mol. The largest absolute Gasteiger partial charge is 0.379 e. The van der Waals surface area contributed by atoms with Gasteiger partial charge in [-0.2, -0.15) is 0 Å². The Kier molecular flexibility index (Phi) is 7.00. The molecule has 23 heavy (non-hydrogen) atoms. The van der Waals surface area contributed by atoms with Crippen LogP contribution in [-0.4, -0.2) is 24.4 Å². The van der Waals surface area contributed by atoms with Crippen molar-refractivity contribution < 1.29 is 9.72 Å². The number of carbonyl (C=O) groups is 1. The van der Waals surface area contributed by atoms with Gasteiger partial charge in [0, 0.05) is 26.1 Å². The number of nitro groups is 1. The van der Waals surface area contributed by atoms with Gasteiger partial charge in [-0.3, -0.25) is 14.9 Å². The molecule has 1 N–H and O–H groups in total. The van der Waals surface area contributed by atoms with E-state index in [-0.39, 0.29) is 17.5 Å². The van der Waals surface area contributed by atoms with E-state index < -0.39 is 4.92 Å². The molecule has 1 rings (SSSR count). The van der Waals surface area contributed by atoms with Crippen LogP contribution in [0, 0.1) is 22.0 Å². The SMILES string of the molecule is CC(C)CCNc1ccc(N(C)C(=O)CC(C)C)cc1[N+](=O)[O-]. The third-order valence-electron chi connectivity index (χ3n) is 3.56. The Labute approximate surface area is 138 Å². The Hall–Kier alpha value is -2.11. The first-order valence-corrected chi connectivity index (χ1v) is 8.01. The molecule has 1 amide bonds. The summed E-state index contributed by atoms with van der Waals surface area (Å²) in [7, 11) is 1.65. The molecule has 0 bridgehead atoms.